The van der Waals surface area contributed by atoms with Crippen LogP contribution in [-0.4, -0.2) is 25.7 Å². The average Bonchev–Trinajstić information content (AvgIpc) is 2.10. The minimum absolute atomic E-state index is 0.430. The van der Waals surface area contributed by atoms with E-state index >= 15 is 0 Å². The largest absolute Gasteiger partial charge is 0.398 e. The van der Waals surface area contributed by atoms with Crippen molar-refractivity contribution in [1.29, 1.82) is 10.8 Å². The summed E-state index contributed by atoms with van der Waals surface area (Å²) in [5, 5.41) is 13.8. The molecule has 0 bridgehead atoms. The Morgan fingerprint density at radius 2 is 2.00 bits per heavy atom. The maximum Gasteiger partial charge on any atom is 0.0418 e. The summed E-state index contributed by atoms with van der Waals surface area (Å²) >= 11 is 0. The summed E-state index contributed by atoms with van der Waals surface area (Å²) in [6.45, 7) is 0. The van der Waals surface area contributed by atoms with Gasteiger partial charge in [-0.05, 0) is 12.2 Å². The number of nitrogens with zero attached hydrogens (tertiary/aromatic N) is 1. The molecular weight excluding hydrogens is 152 g/mol. The van der Waals surface area contributed by atoms with Crippen molar-refractivity contribution in [1.82, 2.24) is 0 Å². The summed E-state index contributed by atoms with van der Waals surface area (Å²) in [5.74, 6) is 0. The van der Waals surface area contributed by atoms with E-state index in [1.165, 1.54) is 12.3 Å². The lowest BCUT2D eigenvalue weighted by atomic mass is 10.2. The van der Waals surface area contributed by atoms with Crippen molar-refractivity contribution in [3.63, 3.8) is 0 Å². The average molecular weight is 164 g/mol. The Morgan fingerprint density at radius 3 is 2.42 bits per heavy atom. The Bertz CT molecular complexity index is 248. The van der Waals surface area contributed by atoms with Gasteiger partial charge in [0.15, 0.2) is 0 Å². The van der Waals surface area contributed by atoms with E-state index in [9.17, 15) is 0 Å². The van der Waals surface area contributed by atoms with Gasteiger partial charge in [0.25, 0.3) is 0 Å². The predicted molar refractivity (Wildman–Crippen MR) is 52.3 cm³/mol. The van der Waals surface area contributed by atoms with Crippen LogP contribution in [0.3, 0.4) is 0 Å². The molecule has 64 valence electrons. The molecule has 0 rings (SSSR count). The normalized spacial score (nSPS) is 13.4. The SMILES string of the molecule is CN=CC=C(N)/C(C=N)=C/C=N. The first-order chi connectivity index (χ1) is 5.76. The van der Waals surface area contributed by atoms with Gasteiger partial charge in [-0.1, -0.05) is 0 Å². The third kappa shape index (κ3) is 3.46. The highest BCUT2D eigenvalue weighted by Crippen LogP contribution is 1.97. The molecule has 0 heterocycles. The lowest BCUT2D eigenvalue weighted by molar-refractivity contribution is 1.38. The van der Waals surface area contributed by atoms with Crippen molar-refractivity contribution in [3.8, 4) is 0 Å². The standard InChI is InChI=1S/C8H12N4/c1-12-5-3-8(11)7(6-10)2-4-9/h2-6,9-10H,11H2,1H3/b7-2+,8-3?,9-4?,10-6?,12-5?. The van der Waals surface area contributed by atoms with Crippen LogP contribution in [0.25, 0.3) is 0 Å². The number of nitrogens with two attached hydrogens (primary N) is 1. The highest BCUT2D eigenvalue weighted by Gasteiger charge is 1.93. The molecule has 4 nitrogen and oxygen atoms in total. The molecule has 0 aliphatic carbocycles. The van der Waals surface area contributed by atoms with Crippen molar-refractivity contribution >= 4 is 18.6 Å². The molecule has 0 unspecified atom stereocenters. The van der Waals surface area contributed by atoms with E-state index in [0.717, 1.165) is 12.4 Å². The summed E-state index contributed by atoms with van der Waals surface area (Å²) < 4.78 is 0. The molecule has 0 spiro atoms. The highest BCUT2D eigenvalue weighted by molar-refractivity contribution is 5.90. The zero-order chi connectivity index (χ0) is 9.40. The van der Waals surface area contributed by atoms with Crippen molar-refractivity contribution in [3.05, 3.63) is 23.4 Å². The van der Waals surface area contributed by atoms with Crippen molar-refractivity contribution in [2.24, 2.45) is 10.7 Å². The van der Waals surface area contributed by atoms with Crippen LogP contribution in [0.1, 0.15) is 0 Å². The first-order valence-electron chi connectivity index (χ1n) is 3.35. The van der Waals surface area contributed by atoms with Crippen LogP contribution in [0.5, 0.6) is 0 Å². The maximum absolute atomic E-state index is 6.97. The highest BCUT2D eigenvalue weighted by atomic mass is 14.6. The van der Waals surface area contributed by atoms with Crippen LogP contribution >= 0.6 is 0 Å². The number of allylic oxidation sites excluding steroid dienone is 3. The molecule has 0 atom stereocenters. The van der Waals surface area contributed by atoms with Crippen molar-refractivity contribution in [2.75, 3.05) is 7.05 Å². The van der Waals surface area contributed by atoms with Gasteiger partial charge in [0, 0.05) is 37.0 Å². The summed E-state index contributed by atoms with van der Waals surface area (Å²) in [7, 11) is 1.63. The van der Waals surface area contributed by atoms with Crippen LogP contribution in [0.2, 0.25) is 0 Å². The smallest absolute Gasteiger partial charge is 0.0418 e. The van der Waals surface area contributed by atoms with Crippen molar-refractivity contribution < 1.29 is 0 Å². The molecule has 0 aromatic rings. The zero-order valence-electron chi connectivity index (χ0n) is 6.91. The second-order valence-corrected chi connectivity index (χ2v) is 1.96. The molecule has 0 aromatic heterocycles. The van der Waals surface area contributed by atoms with Crippen LogP contribution < -0.4 is 5.73 Å². The maximum atomic E-state index is 6.97. The summed E-state index contributed by atoms with van der Waals surface area (Å²) in [6.07, 6.45) is 6.75. The number of hydrogen-bond acceptors (Lipinski definition) is 4. The predicted octanol–water partition coefficient (Wildman–Crippen LogP) is 0.755. The fourth-order valence-electron chi connectivity index (χ4n) is 0.569. The van der Waals surface area contributed by atoms with E-state index < -0.39 is 0 Å². The lowest BCUT2D eigenvalue weighted by Gasteiger charge is -1.96. The van der Waals surface area contributed by atoms with Gasteiger partial charge in [-0.15, -0.1) is 0 Å². The quantitative estimate of drug-likeness (QED) is 0.415. The van der Waals surface area contributed by atoms with Gasteiger partial charge in [-0.2, -0.15) is 0 Å². The van der Waals surface area contributed by atoms with E-state index in [1.807, 2.05) is 0 Å². The van der Waals surface area contributed by atoms with Gasteiger partial charge >= 0.3 is 0 Å². The van der Waals surface area contributed by atoms with E-state index in [0.29, 0.717) is 11.3 Å². The van der Waals surface area contributed by atoms with Gasteiger partial charge in [-0.3, -0.25) is 4.99 Å². The molecule has 0 aromatic carbocycles. The molecule has 0 aliphatic heterocycles. The number of hydrogen-bond donors (Lipinski definition) is 3. The number of nitrogens with one attached hydrogen (secondary N) is 2. The van der Waals surface area contributed by atoms with Crippen LogP contribution in [-0.2, 0) is 0 Å². The molecule has 0 radical (unpaired) electrons. The Hall–Kier alpha value is -1.71. The van der Waals surface area contributed by atoms with Crippen LogP contribution in [0, 0.1) is 10.8 Å². The van der Waals surface area contributed by atoms with Crippen molar-refractivity contribution in [2.45, 2.75) is 0 Å². The second kappa shape index (κ2) is 6.03. The summed E-state index contributed by atoms with van der Waals surface area (Å²) in [4.78, 5) is 3.71. The van der Waals surface area contributed by atoms with Gasteiger partial charge in [0.05, 0.1) is 0 Å². The lowest BCUT2D eigenvalue weighted by Crippen LogP contribution is -2.02. The molecular formula is C8H12N4. The van der Waals surface area contributed by atoms with Crippen LogP contribution in [0.15, 0.2) is 28.4 Å². The minimum Gasteiger partial charge on any atom is -0.398 e. The van der Waals surface area contributed by atoms with Gasteiger partial charge in [0.2, 0.25) is 0 Å². The van der Waals surface area contributed by atoms with E-state index in [-0.39, 0.29) is 0 Å². The third-order valence-electron chi connectivity index (χ3n) is 1.15. The van der Waals surface area contributed by atoms with E-state index in [4.69, 9.17) is 16.6 Å². The number of aliphatic imine (C=N–C) groups is 1. The molecule has 4 N–H and O–H groups in total. The molecule has 0 amide bonds. The first kappa shape index (κ1) is 10.3. The minimum atomic E-state index is 0.430. The van der Waals surface area contributed by atoms with E-state index in [2.05, 4.69) is 4.99 Å². The summed E-state index contributed by atoms with van der Waals surface area (Å²) in [5.41, 5.74) is 6.48. The molecule has 0 saturated carbocycles. The molecule has 0 saturated heterocycles. The fraction of sp³-hybridized carbons (Fsp3) is 0.125. The second-order valence-electron chi connectivity index (χ2n) is 1.96. The summed E-state index contributed by atoms with van der Waals surface area (Å²) in [6, 6.07) is 0. The van der Waals surface area contributed by atoms with Gasteiger partial charge < -0.3 is 16.6 Å². The van der Waals surface area contributed by atoms with Gasteiger partial charge in [0.1, 0.15) is 0 Å². The zero-order valence-corrected chi connectivity index (χ0v) is 6.91. The Labute approximate surface area is 71.5 Å². The molecule has 0 aliphatic rings. The number of rotatable bonds is 4. The fourth-order valence-corrected chi connectivity index (χ4v) is 0.569. The molecule has 12 heavy (non-hydrogen) atoms. The Balaban J connectivity index is 4.62. The first-order valence-corrected chi connectivity index (χ1v) is 3.35. The topological polar surface area (TPSA) is 86.1 Å². The molecule has 0 fully saturated rings. The van der Waals surface area contributed by atoms with E-state index in [1.54, 1.807) is 13.1 Å². The van der Waals surface area contributed by atoms with Crippen LogP contribution in [0.4, 0.5) is 0 Å². The third-order valence-corrected chi connectivity index (χ3v) is 1.15. The molecule has 4 heteroatoms. The Morgan fingerprint density at radius 1 is 1.33 bits per heavy atom. The Kier molecular flexibility index (Phi) is 5.17. The van der Waals surface area contributed by atoms with Gasteiger partial charge in [-0.25, -0.2) is 0 Å². The monoisotopic (exact) mass is 164 g/mol.